The van der Waals surface area contributed by atoms with Crippen LogP contribution in [0.1, 0.15) is 36.5 Å². The first-order valence-electron chi connectivity index (χ1n) is 9.00. The van der Waals surface area contributed by atoms with Crippen LogP contribution in [-0.4, -0.2) is 18.9 Å². The molecule has 0 aliphatic heterocycles. The summed E-state index contributed by atoms with van der Waals surface area (Å²) in [5, 5.41) is 9.56. The molecule has 146 valence electrons. The van der Waals surface area contributed by atoms with Gasteiger partial charge in [-0.25, -0.2) is 0 Å². The minimum Gasteiger partial charge on any atom is -0.352 e. The number of carbonyl (C=O) groups excluding carboxylic acids is 1. The molecule has 2 rings (SSSR count). The summed E-state index contributed by atoms with van der Waals surface area (Å²) in [5.74, 6) is 0.794. The largest absolute Gasteiger partial charge is 0.352 e. The standard InChI is InChI=1S/C21H28N4O.HI/c1-4-8-20(26)25-19-12-7-10-17(13-19)14-23-21(22-3)24-15-18-11-6-5-9-16(18)2;/h5-7,9-13H,4,8,14-15H2,1-3H3,(H,25,26)(H2,22,23,24);1H. The number of halogens is 1. The second kappa shape index (κ2) is 12.3. The zero-order valence-corrected chi connectivity index (χ0v) is 18.5. The molecule has 0 aliphatic rings. The van der Waals surface area contributed by atoms with Gasteiger partial charge >= 0.3 is 0 Å². The summed E-state index contributed by atoms with van der Waals surface area (Å²) in [6.45, 7) is 5.45. The molecule has 3 N–H and O–H groups in total. The second-order valence-corrected chi connectivity index (χ2v) is 6.20. The molecule has 0 aliphatic carbocycles. The van der Waals surface area contributed by atoms with Crippen molar-refractivity contribution in [2.45, 2.75) is 39.8 Å². The molecule has 0 spiro atoms. The third-order valence-electron chi connectivity index (χ3n) is 4.08. The Hall–Kier alpha value is -2.09. The predicted molar refractivity (Wildman–Crippen MR) is 124 cm³/mol. The highest BCUT2D eigenvalue weighted by atomic mass is 127. The second-order valence-electron chi connectivity index (χ2n) is 6.20. The van der Waals surface area contributed by atoms with Crippen molar-refractivity contribution in [2.24, 2.45) is 4.99 Å². The van der Waals surface area contributed by atoms with Gasteiger partial charge in [-0.1, -0.05) is 43.3 Å². The summed E-state index contributed by atoms with van der Waals surface area (Å²) < 4.78 is 0. The quantitative estimate of drug-likeness (QED) is 0.316. The molecule has 5 nitrogen and oxygen atoms in total. The molecule has 0 bridgehead atoms. The van der Waals surface area contributed by atoms with Gasteiger partial charge in [-0.15, -0.1) is 24.0 Å². The number of carbonyl (C=O) groups is 1. The number of guanidine groups is 1. The van der Waals surface area contributed by atoms with Crippen molar-refractivity contribution < 1.29 is 4.79 Å². The fourth-order valence-electron chi connectivity index (χ4n) is 2.60. The number of nitrogens with zero attached hydrogens (tertiary/aromatic N) is 1. The van der Waals surface area contributed by atoms with Crippen molar-refractivity contribution in [1.29, 1.82) is 0 Å². The molecule has 1 amide bonds. The average Bonchev–Trinajstić information content (AvgIpc) is 2.63. The monoisotopic (exact) mass is 480 g/mol. The number of anilines is 1. The molecule has 0 unspecified atom stereocenters. The van der Waals surface area contributed by atoms with Crippen molar-refractivity contribution in [2.75, 3.05) is 12.4 Å². The molecule has 0 aromatic heterocycles. The highest BCUT2D eigenvalue weighted by Gasteiger charge is 2.03. The van der Waals surface area contributed by atoms with E-state index in [0.717, 1.165) is 30.2 Å². The molecular formula is C21H29IN4O. The molecular weight excluding hydrogens is 451 g/mol. The Bertz CT molecular complexity index is 761. The topological polar surface area (TPSA) is 65.5 Å². The van der Waals surface area contributed by atoms with E-state index >= 15 is 0 Å². The number of amides is 1. The molecule has 0 heterocycles. The van der Waals surface area contributed by atoms with Gasteiger partial charge in [0.2, 0.25) is 5.91 Å². The molecule has 0 saturated carbocycles. The fraction of sp³-hybridized carbons (Fsp3) is 0.333. The van der Waals surface area contributed by atoms with E-state index in [2.05, 4.69) is 40.0 Å². The van der Waals surface area contributed by atoms with E-state index in [1.165, 1.54) is 11.1 Å². The SMILES string of the molecule is CCCC(=O)Nc1cccc(CNC(=NC)NCc2ccccc2C)c1.I. The van der Waals surface area contributed by atoms with Crippen LogP contribution < -0.4 is 16.0 Å². The van der Waals surface area contributed by atoms with Gasteiger partial charge < -0.3 is 16.0 Å². The molecule has 0 saturated heterocycles. The lowest BCUT2D eigenvalue weighted by molar-refractivity contribution is -0.116. The van der Waals surface area contributed by atoms with E-state index in [9.17, 15) is 4.79 Å². The summed E-state index contributed by atoms with van der Waals surface area (Å²) in [6, 6.07) is 16.1. The van der Waals surface area contributed by atoms with Gasteiger partial charge in [-0.2, -0.15) is 0 Å². The van der Waals surface area contributed by atoms with Crippen LogP contribution in [0.2, 0.25) is 0 Å². The Kier molecular flexibility index (Phi) is 10.5. The predicted octanol–water partition coefficient (Wildman–Crippen LogP) is 4.22. The Labute approximate surface area is 179 Å². The highest BCUT2D eigenvalue weighted by Crippen LogP contribution is 2.11. The number of nitrogens with one attached hydrogen (secondary N) is 3. The van der Waals surface area contributed by atoms with Gasteiger partial charge in [-0.3, -0.25) is 9.79 Å². The molecule has 0 atom stereocenters. The zero-order chi connectivity index (χ0) is 18.8. The summed E-state index contributed by atoms with van der Waals surface area (Å²) in [6.07, 6.45) is 1.38. The number of benzene rings is 2. The van der Waals surface area contributed by atoms with Gasteiger partial charge in [0.1, 0.15) is 0 Å². The van der Waals surface area contributed by atoms with Gasteiger partial charge in [0.05, 0.1) is 0 Å². The maximum Gasteiger partial charge on any atom is 0.224 e. The Morgan fingerprint density at radius 2 is 1.78 bits per heavy atom. The van der Waals surface area contributed by atoms with Crippen LogP contribution in [0.4, 0.5) is 5.69 Å². The Morgan fingerprint density at radius 1 is 1.04 bits per heavy atom. The first kappa shape index (κ1) is 23.0. The number of aliphatic imine (C=N–C) groups is 1. The van der Waals surface area contributed by atoms with Crippen LogP contribution in [0.3, 0.4) is 0 Å². The van der Waals surface area contributed by atoms with E-state index in [1.54, 1.807) is 7.05 Å². The number of aryl methyl sites for hydroxylation is 1. The lowest BCUT2D eigenvalue weighted by Crippen LogP contribution is -2.36. The molecule has 27 heavy (non-hydrogen) atoms. The molecule has 2 aromatic carbocycles. The third kappa shape index (κ3) is 7.99. The molecule has 0 radical (unpaired) electrons. The van der Waals surface area contributed by atoms with Gasteiger partial charge in [0, 0.05) is 32.2 Å². The summed E-state index contributed by atoms with van der Waals surface area (Å²) in [5.41, 5.74) is 4.41. The summed E-state index contributed by atoms with van der Waals surface area (Å²) in [7, 11) is 1.76. The lowest BCUT2D eigenvalue weighted by atomic mass is 10.1. The van der Waals surface area contributed by atoms with Crippen LogP contribution in [0, 0.1) is 6.92 Å². The van der Waals surface area contributed by atoms with Gasteiger partial charge in [0.25, 0.3) is 0 Å². The van der Waals surface area contributed by atoms with Crippen LogP contribution in [0.5, 0.6) is 0 Å². The van der Waals surface area contributed by atoms with E-state index < -0.39 is 0 Å². The van der Waals surface area contributed by atoms with Gasteiger partial charge in [0.15, 0.2) is 5.96 Å². The van der Waals surface area contributed by atoms with E-state index in [4.69, 9.17) is 0 Å². The lowest BCUT2D eigenvalue weighted by Gasteiger charge is -2.14. The fourth-order valence-corrected chi connectivity index (χ4v) is 2.60. The summed E-state index contributed by atoms with van der Waals surface area (Å²) in [4.78, 5) is 16.0. The van der Waals surface area contributed by atoms with E-state index in [-0.39, 0.29) is 29.9 Å². The maximum absolute atomic E-state index is 11.7. The van der Waals surface area contributed by atoms with Crippen LogP contribution in [0.25, 0.3) is 0 Å². The van der Waals surface area contributed by atoms with Crippen molar-refractivity contribution in [3.8, 4) is 0 Å². The van der Waals surface area contributed by atoms with E-state index in [0.29, 0.717) is 13.0 Å². The van der Waals surface area contributed by atoms with Crippen molar-refractivity contribution in [3.05, 3.63) is 65.2 Å². The van der Waals surface area contributed by atoms with E-state index in [1.807, 2.05) is 43.3 Å². The average molecular weight is 480 g/mol. The number of hydrogen-bond acceptors (Lipinski definition) is 2. The van der Waals surface area contributed by atoms with Crippen LogP contribution in [0.15, 0.2) is 53.5 Å². The minimum absolute atomic E-state index is 0. The van der Waals surface area contributed by atoms with Crippen molar-refractivity contribution in [1.82, 2.24) is 10.6 Å². The zero-order valence-electron chi connectivity index (χ0n) is 16.2. The first-order chi connectivity index (χ1) is 12.6. The number of hydrogen-bond donors (Lipinski definition) is 3. The minimum atomic E-state index is 0. The smallest absolute Gasteiger partial charge is 0.224 e. The number of rotatable bonds is 7. The van der Waals surface area contributed by atoms with Crippen molar-refractivity contribution in [3.63, 3.8) is 0 Å². The van der Waals surface area contributed by atoms with Crippen LogP contribution >= 0.6 is 24.0 Å². The Balaban J connectivity index is 0.00000364. The molecule has 0 fully saturated rings. The molecule has 6 heteroatoms. The highest BCUT2D eigenvalue weighted by molar-refractivity contribution is 14.0. The normalized spacial score (nSPS) is 10.7. The first-order valence-corrected chi connectivity index (χ1v) is 9.00. The Morgan fingerprint density at radius 3 is 2.48 bits per heavy atom. The summed E-state index contributed by atoms with van der Waals surface area (Å²) >= 11 is 0. The third-order valence-corrected chi connectivity index (χ3v) is 4.08. The molecule has 2 aromatic rings. The van der Waals surface area contributed by atoms with Crippen LogP contribution in [-0.2, 0) is 17.9 Å². The van der Waals surface area contributed by atoms with Crippen molar-refractivity contribution >= 4 is 41.5 Å². The maximum atomic E-state index is 11.7. The van der Waals surface area contributed by atoms with Gasteiger partial charge in [-0.05, 0) is 42.2 Å².